The third kappa shape index (κ3) is 5.04. The van der Waals surface area contributed by atoms with Crippen molar-refractivity contribution in [2.45, 2.75) is 0 Å². The maximum Gasteiger partial charge on any atom is 0.164 e. The molecule has 4 nitrogen and oxygen atoms in total. The van der Waals surface area contributed by atoms with Crippen LogP contribution in [0.2, 0.25) is 0 Å². The van der Waals surface area contributed by atoms with Crippen molar-refractivity contribution in [1.29, 1.82) is 0 Å². The minimum Gasteiger partial charge on any atom is -0.277 e. The molecule has 0 N–H and O–H groups in total. The molecule has 3 heterocycles. The maximum atomic E-state index is 5.37. The van der Waals surface area contributed by atoms with Gasteiger partial charge in [-0.1, -0.05) is 109 Å². The molecule has 0 unspecified atom stereocenters. The van der Waals surface area contributed by atoms with E-state index in [1.807, 2.05) is 30.7 Å². The molecule has 51 heavy (non-hydrogen) atoms. The lowest BCUT2D eigenvalue weighted by Crippen LogP contribution is -1.99. The molecule has 0 amide bonds. The summed E-state index contributed by atoms with van der Waals surface area (Å²) in [5, 5.41) is 7.33. The number of benzene rings is 7. The average molecular weight is 651 g/mol. The topological polar surface area (TPSA) is 43.6 Å². The Kier molecular flexibility index (Phi) is 6.78. The van der Waals surface area contributed by atoms with E-state index in [0.717, 1.165) is 56.1 Å². The van der Waals surface area contributed by atoms with Gasteiger partial charge in [-0.2, -0.15) is 0 Å². The zero-order valence-electron chi connectivity index (χ0n) is 27.6. The van der Waals surface area contributed by atoms with Gasteiger partial charge in [0.2, 0.25) is 0 Å². The van der Waals surface area contributed by atoms with Gasteiger partial charge in [-0.15, -0.1) is 0 Å². The second-order valence-corrected chi connectivity index (χ2v) is 13.0. The fourth-order valence-electron chi connectivity index (χ4n) is 7.41. The minimum atomic E-state index is 0.810. The minimum absolute atomic E-state index is 0.810. The van der Waals surface area contributed by atoms with E-state index in [0.29, 0.717) is 0 Å². The predicted molar refractivity (Wildman–Crippen MR) is 211 cm³/mol. The Balaban J connectivity index is 1.23. The summed E-state index contributed by atoms with van der Waals surface area (Å²) in [5.41, 5.74) is 10.2. The van der Waals surface area contributed by atoms with Crippen molar-refractivity contribution in [1.82, 2.24) is 19.5 Å². The normalized spacial score (nSPS) is 11.5. The van der Waals surface area contributed by atoms with E-state index in [9.17, 15) is 0 Å². The molecule has 4 heteroatoms. The number of hydrogen-bond donors (Lipinski definition) is 0. The number of fused-ring (bicyclic) bond motifs is 5. The number of nitrogens with zero attached hydrogens (tertiary/aromatic N) is 4. The lowest BCUT2D eigenvalue weighted by Gasteiger charge is -2.15. The van der Waals surface area contributed by atoms with E-state index in [4.69, 9.17) is 9.97 Å². The van der Waals surface area contributed by atoms with Crippen molar-refractivity contribution in [2.24, 2.45) is 0 Å². The van der Waals surface area contributed by atoms with Gasteiger partial charge in [0.05, 0.1) is 0 Å². The van der Waals surface area contributed by atoms with Gasteiger partial charge in [-0.25, -0.2) is 9.97 Å². The molecule has 0 aliphatic rings. The van der Waals surface area contributed by atoms with Crippen molar-refractivity contribution < 1.29 is 0 Å². The highest BCUT2D eigenvalue weighted by Crippen LogP contribution is 2.40. The van der Waals surface area contributed by atoms with Crippen molar-refractivity contribution in [3.63, 3.8) is 0 Å². The van der Waals surface area contributed by atoms with Crippen molar-refractivity contribution in [3.8, 4) is 50.5 Å². The van der Waals surface area contributed by atoms with Crippen LogP contribution in [0.15, 0.2) is 182 Å². The third-order valence-corrected chi connectivity index (χ3v) is 9.86. The van der Waals surface area contributed by atoms with E-state index >= 15 is 0 Å². The van der Waals surface area contributed by atoms with E-state index in [1.165, 1.54) is 37.9 Å². The Morgan fingerprint density at radius 1 is 0.412 bits per heavy atom. The smallest absolute Gasteiger partial charge is 0.164 e. The summed E-state index contributed by atoms with van der Waals surface area (Å²) < 4.78 is 2.18. The third-order valence-electron chi connectivity index (χ3n) is 9.86. The zero-order valence-corrected chi connectivity index (χ0v) is 27.6. The van der Waals surface area contributed by atoms with Crippen molar-refractivity contribution in [3.05, 3.63) is 182 Å². The number of aromatic nitrogens is 4. The van der Waals surface area contributed by atoms with Gasteiger partial charge in [0.1, 0.15) is 11.3 Å². The number of hydrogen-bond acceptors (Lipinski definition) is 3. The summed E-state index contributed by atoms with van der Waals surface area (Å²) in [4.78, 5) is 14.9. The number of pyridine rings is 2. The summed E-state index contributed by atoms with van der Waals surface area (Å²) in [5.74, 6) is 0.830. The fourth-order valence-corrected chi connectivity index (χ4v) is 7.41. The molecule has 0 aliphatic carbocycles. The average Bonchev–Trinajstić information content (AvgIpc) is 3.60. The van der Waals surface area contributed by atoms with Gasteiger partial charge < -0.3 is 0 Å². The highest BCUT2D eigenvalue weighted by Gasteiger charge is 2.19. The van der Waals surface area contributed by atoms with Crippen LogP contribution in [0.3, 0.4) is 0 Å². The first-order valence-corrected chi connectivity index (χ1v) is 17.2. The Bertz CT molecular complexity index is 2910. The molecule has 10 aromatic rings. The van der Waals surface area contributed by atoms with E-state index in [-0.39, 0.29) is 0 Å². The SMILES string of the molecule is c1ccc(-n2c(-c3cc(-c4cccnc4)cc(-c4cc5ccccc5c5ccccc45)c3)nc3cc(-c4ccc5ccccc5c4)cnc32)cc1. The van der Waals surface area contributed by atoms with Crippen molar-refractivity contribution in [2.75, 3.05) is 0 Å². The summed E-state index contributed by atoms with van der Waals surface area (Å²) in [7, 11) is 0. The van der Waals surface area contributed by atoms with Crippen LogP contribution in [0.25, 0.3) is 93.9 Å². The molecular formula is C47H30N4. The van der Waals surface area contributed by atoms with Crippen LogP contribution < -0.4 is 0 Å². The highest BCUT2D eigenvalue weighted by molar-refractivity contribution is 6.14. The first-order chi connectivity index (χ1) is 25.3. The summed E-state index contributed by atoms with van der Waals surface area (Å²) >= 11 is 0. The van der Waals surface area contributed by atoms with Crippen LogP contribution in [-0.2, 0) is 0 Å². The molecule has 0 fully saturated rings. The second-order valence-electron chi connectivity index (χ2n) is 13.0. The van der Waals surface area contributed by atoms with Gasteiger partial charge in [-0.3, -0.25) is 9.55 Å². The Morgan fingerprint density at radius 3 is 1.98 bits per heavy atom. The quantitative estimate of drug-likeness (QED) is 0.174. The van der Waals surface area contributed by atoms with Crippen LogP contribution in [0.4, 0.5) is 0 Å². The first kappa shape index (κ1) is 29.0. The number of rotatable bonds is 5. The molecule has 0 aliphatic heterocycles. The highest BCUT2D eigenvalue weighted by atomic mass is 15.1. The van der Waals surface area contributed by atoms with Gasteiger partial charge in [0.25, 0.3) is 0 Å². The van der Waals surface area contributed by atoms with Gasteiger partial charge in [0, 0.05) is 41.0 Å². The van der Waals surface area contributed by atoms with Gasteiger partial charge >= 0.3 is 0 Å². The molecule has 0 saturated carbocycles. The lowest BCUT2D eigenvalue weighted by atomic mass is 9.90. The summed E-state index contributed by atoms with van der Waals surface area (Å²) in [6.07, 6.45) is 5.72. The second kappa shape index (κ2) is 11.9. The maximum absolute atomic E-state index is 5.37. The standard InChI is InChI=1S/C47H30N4/c1-2-15-40(16-3-1)51-46(50-45-28-39(30-49-47(45)51)33-21-20-31-11-4-5-12-32(31)23-33)38-25-36(35-14-10-22-48-29-35)24-37(26-38)44-27-34-13-6-7-17-41(34)42-18-8-9-19-43(42)44/h1-30H. The Morgan fingerprint density at radius 2 is 1.14 bits per heavy atom. The molecule has 0 saturated heterocycles. The number of imidazole rings is 1. The molecule has 238 valence electrons. The van der Waals surface area contributed by atoms with Crippen LogP contribution in [-0.4, -0.2) is 19.5 Å². The van der Waals surface area contributed by atoms with Crippen LogP contribution in [0.1, 0.15) is 0 Å². The van der Waals surface area contributed by atoms with Gasteiger partial charge in [-0.05, 0) is 109 Å². The molecule has 0 radical (unpaired) electrons. The predicted octanol–water partition coefficient (Wildman–Crippen LogP) is 11.9. The molecule has 0 bridgehead atoms. The van der Waals surface area contributed by atoms with Gasteiger partial charge in [0.15, 0.2) is 5.65 Å². The summed E-state index contributed by atoms with van der Waals surface area (Å²) in [6.45, 7) is 0. The Labute approximate surface area is 295 Å². The zero-order chi connectivity index (χ0) is 33.7. The van der Waals surface area contributed by atoms with E-state index in [1.54, 1.807) is 0 Å². The van der Waals surface area contributed by atoms with Crippen molar-refractivity contribution >= 4 is 43.5 Å². The summed E-state index contributed by atoms with van der Waals surface area (Å²) in [6, 6.07) is 58.1. The molecule has 0 spiro atoms. The molecule has 10 rings (SSSR count). The van der Waals surface area contributed by atoms with E-state index in [2.05, 4.69) is 161 Å². The monoisotopic (exact) mass is 650 g/mol. The molecule has 0 atom stereocenters. The molecule has 3 aromatic heterocycles. The first-order valence-electron chi connectivity index (χ1n) is 17.2. The fraction of sp³-hybridized carbons (Fsp3) is 0. The van der Waals surface area contributed by atoms with Crippen LogP contribution in [0, 0.1) is 0 Å². The van der Waals surface area contributed by atoms with Crippen LogP contribution in [0.5, 0.6) is 0 Å². The largest absolute Gasteiger partial charge is 0.277 e. The number of para-hydroxylation sites is 1. The van der Waals surface area contributed by atoms with E-state index < -0.39 is 0 Å². The molecular weight excluding hydrogens is 621 g/mol. The Hall–Kier alpha value is -6.91. The van der Waals surface area contributed by atoms with Crippen LogP contribution >= 0.6 is 0 Å². The lowest BCUT2D eigenvalue weighted by molar-refractivity contribution is 1.08. The molecule has 7 aromatic carbocycles.